The first-order valence-electron chi connectivity index (χ1n) is 7.39. The van der Waals surface area contributed by atoms with Crippen LogP contribution in [-0.2, 0) is 6.42 Å². The fourth-order valence-electron chi connectivity index (χ4n) is 2.58. The van der Waals surface area contributed by atoms with Crippen LogP contribution in [0.5, 0.6) is 0 Å². The number of aryl methyl sites for hydroxylation is 2. The van der Waals surface area contributed by atoms with Crippen molar-refractivity contribution in [3.63, 3.8) is 0 Å². The van der Waals surface area contributed by atoms with Crippen molar-refractivity contribution in [1.29, 1.82) is 0 Å². The minimum absolute atomic E-state index is 1.01. The van der Waals surface area contributed by atoms with Crippen molar-refractivity contribution in [3.05, 3.63) is 77.4 Å². The summed E-state index contributed by atoms with van der Waals surface area (Å²) in [7, 11) is 0. The summed E-state index contributed by atoms with van der Waals surface area (Å²) in [5.41, 5.74) is 4.78. The molecule has 0 aliphatic carbocycles. The van der Waals surface area contributed by atoms with Crippen LogP contribution in [0.25, 0.3) is 10.8 Å². The minimum atomic E-state index is 1.01. The molecule has 3 rings (SSSR count). The number of rotatable bonds is 3. The van der Waals surface area contributed by atoms with Crippen LogP contribution in [-0.4, -0.2) is 6.21 Å². The Kier molecular flexibility index (Phi) is 3.83. The van der Waals surface area contributed by atoms with Crippen molar-refractivity contribution in [2.75, 3.05) is 0 Å². The van der Waals surface area contributed by atoms with Gasteiger partial charge in [-0.2, -0.15) is 0 Å². The Morgan fingerprint density at radius 1 is 0.905 bits per heavy atom. The maximum atomic E-state index is 4.67. The molecule has 3 aromatic carbocycles. The normalized spacial score (nSPS) is 11.3. The van der Waals surface area contributed by atoms with E-state index in [9.17, 15) is 0 Å². The Morgan fingerprint density at radius 2 is 1.57 bits per heavy atom. The minimum Gasteiger partial charge on any atom is -0.256 e. The lowest BCUT2D eigenvalue weighted by Gasteiger charge is -2.07. The quantitative estimate of drug-likeness (QED) is 0.562. The van der Waals surface area contributed by atoms with Gasteiger partial charge in [-0.3, -0.25) is 4.99 Å². The Bertz CT molecular complexity index is 800. The molecule has 104 valence electrons. The molecule has 0 aliphatic rings. The molecule has 0 spiro atoms. The molecule has 3 aromatic rings. The van der Waals surface area contributed by atoms with E-state index in [1.165, 1.54) is 27.5 Å². The molecule has 0 saturated heterocycles. The van der Waals surface area contributed by atoms with Crippen LogP contribution in [0.4, 0.5) is 5.69 Å². The van der Waals surface area contributed by atoms with Gasteiger partial charge in [-0.25, -0.2) is 0 Å². The summed E-state index contributed by atoms with van der Waals surface area (Å²) in [6.45, 7) is 4.28. The second-order valence-corrected chi connectivity index (χ2v) is 5.30. The van der Waals surface area contributed by atoms with Gasteiger partial charge in [0.2, 0.25) is 0 Å². The number of aliphatic imine (C=N–C) groups is 1. The van der Waals surface area contributed by atoms with E-state index in [0.29, 0.717) is 0 Å². The molecule has 0 aliphatic heterocycles. The summed E-state index contributed by atoms with van der Waals surface area (Å²) in [5.74, 6) is 0. The smallest absolute Gasteiger partial charge is 0.0659 e. The molecule has 0 amide bonds. The van der Waals surface area contributed by atoms with Crippen LogP contribution < -0.4 is 0 Å². The summed E-state index contributed by atoms with van der Waals surface area (Å²) >= 11 is 0. The molecule has 0 heterocycles. The van der Waals surface area contributed by atoms with E-state index in [-0.39, 0.29) is 0 Å². The van der Waals surface area contributed by atoms with Crippen molar-refractivity contribution in [2.24, 2.45) is 4.99 Å². The van der Waals surface area contributed by atoms with Crippen LogP contribution in [0.15, 0.2) is 65.7 Å². The van der Waals surface area contributed by atoms with Gasteiger partial charge in [0.15, 0.2) is 0 Å². The maximum Gasteiger partial charge on any atom is 0.0659 e. The van der Waals surface area contributed by atoms with Crippen molar-refractivity contribution < 1.29 is 0 Å². The van der Waals surface area contributed by atoms with Crippen LogP contribution >= 0.6 is 0 Å². The van der Waals surface area contributed by atoms with E-state index in [2.05, 4.69) is 67.4 Å². The highest BCUT2D eigenvalue weighted by atomic mass is 14.7. The van der Waals surface area contributed by atoms with Gasteiger partial charge in [0.25, 0.3) is 0 Å². The first-order valence-corrected chi connectivity index (χ1v) is 7.39. The third-order valence-corrected chi connectivity index (χ3v) is 3.85. The Balaban J connectivity index is 2.05. The van der Waals surface area contributed by atoms with Crippen LogP contribution in [0, 0.1) is 6.92 Å². The fourth-order valence-corrected chi connectivity index (χ4v) is 2.58. The van der Waals surface area contributed by atoms with Gasteiger partial charge in [-0.15, -0.1) is 0 Å². The van der Waals surface area contributed by atoms with Gasteiger partial charge in [-0.1, -0.05) is 55.5 Å². The van der Waals surface area contributed by atoms with Crippen LogP contribution in [0.1, 0.15) is 23.6 Å². The zero-order valence-electron chi connectivity index (χ0n) is 12.5. The highest BCUT2D eigenvalue weighted by molar-refractivity contribution is 5.93. The largest absolute Gasteiger partial charge is 0.256 e. The lowest BCUT2D eigenvalue weighted by atomic mass is 10.00. The van der Waals surface area contributed by atoms with E-state index >= 15 is 0 Å². The number of para-hydroxylation sites is 1. The van der Waals surface area contributed by atoms with Gasteiger partial charge in [-0.05, 0) is 52.9 Å². The summed E-state index contributed by atoms with van der Waals surface area (Å²) in [6.07, 6.45) is 3.01. The van der Waals surface area contributed by atoms with Gasteiger partial charge in [0.05, 0.1) is 5.69 Å². The fraction of sp³-hybridized carbons (Fsp3) is 0.150. The molecular formula is C20H19N. The summed E-state index contributed by atoms with van der Waals surface area (Å²) in [5, 5.41) is 2.56. The van der Waals surface area contributed by atoms with Crippen molar-refractivity contribution in [3.8, 4) is 0 Å². The van der Waals surface area contributed by atoms with E-state index in [1.54, 1.807) is 0 Å². The zero-order chi connectivity index (χ0) is 14.7. The molecule has 0 bridgehead atoms. The average Bonchev–Trinajstić information content (AvgIpc) is 2.53. The topological polar surface area (TPSA) is 12.4 Å². The van der Waals surface area contributed by atoms with Crippen LogP contribution in [0.3, 0.4) is 0 Å². The molecule has 0 atom stereocenters. The third-order valence-electron chi connectivity index (χ3n) is 3.85. The molecule has 21 heavy (non-hydrogen) atoms. The number of hydrogen-bond acceptors (Lipinski definition) is 1. The predicted molar refractivity (Wildman–Crippen MR) is 91.8 cm³/mol. The third kappa shape index (κ3) is 2.87. The van der Waals surface area contributed by atoms with E-state index in [4.69, 9.17) is 0 Å². The lowest BCUT2D eigenvalue weighted by Crippen LogP contribution is -1.92. The van der Waals surface area contributed by atoms with E-state index in [0.717, 1.165) is 12.1 Å². The first kappa shape index (κ1) is 13.6. The average molecular weight is 273 g/mol. The van der Waals surface area contributed by atoms with Crippen molar-refractivity contribution >= 4 is 22.7 Å². The summed E-state index contributed by atoms with van der Waals surface area (Å²) in [4.78, 5) is 4.67. The molecule has 0 saturated carbocycles. The van der Waals surface area contributed by atoms with Gasteiger partial charge in [0.1, 0.15) is 0 Å². The number of hydrogen-bond donors (Lipinski definition) is 0. The standard InChI is InChI=1S/C20H19N/c1-3-16-12-17-9-5-6-10-18(17)13-19(16)14-21-20-11-7-4-8-15(20)2/h4-14H,3H2,1-2H3. The Hall–Kier alpha value is -2.41. The van der Waals surface area contributed by atoms with Crippen molar-refractivity contribution in [1.82, 2.24) is 0 Å². The van der Waals surface area contributed by atoms with Gasteiger partial charge >= 0.3 is 0 Å². The highest BCUT2D eigenvalue weighted by Crippen LogP contribution is 2.21. The number of fused-ring (bicyclic) bond motifs is 1. The molecule has 0 radical (unpaired) electrons. The molecule has 0 aromatic heterocycles. The van der Waals surface area contributed by atoms with Crippen LogP contribution in [0.2, 0.25) is 0 Å². The Labute approximate surface area is 126 Å². The maximum absolute atomic E-state index is 4.67. The molecule has 0 unspecified atom stereocenters. The number of benzene rings is 3. The van der Waals surface area contributed by atoms with E-state index < -0.39 is 0 Å². The van der Waals surface area contributed by atoms with Gasteiger partial charge < -0.3 is 0 Å². The van der Waals surface area contributed by atoms with Gasteiger partial charge in [0, 0.05) is 6.21 Å². The summed E-state index contributed by atoms with van der Waals surface area (Å²) in [6, 6.07) is 21.2. The second kappa shape index (κ2) is 5.92. The van der Waals surface area contributed by atoms with E-state index in [1.807, 2.05) is 18.3 Å². The molecule has 1 heteroatoms. The molecule has 1 nitrogen and oxygen atoms in total. The van der Waals surface area contributed by atoms with Crippen molar-refractivity contribution in [2.45, 2.75) is 20.3 Å². The number of nitrogens with zero attached hydrogens (tertiary/aromatic N) is 1. The zero-order valence-corrected chi connectivity index (χ0v) is 12.5. The second-order valence-electron chi connectivity index (χ2n) is 5.30. The summed E-state index contributed by atoms with van der Waals surface area (Å²) < 4.78 is 0. The molecular weight excluding hydrogens is 254 g/mol. The molecule has 0 N–H and O–H groups in total. The molecule has 0 fully saturated rings. The SMILES string of the molecule is CCc1cc2ccccc2cc1C=Nc1ccccc1C. The highest BCUT2D eigenvalue weighted by Gasteiger charge is 2.02. The first-order chi connectivity index (χ1) is 10.3. The predicted octanol–water partition coefficient (Wildman–Crippen LogP) is 5.46. The Morgan fingerprint density at radius 3 is 2.29 bits per heavy atom. The monoisotopic (exact) mass is 273 g/mol. The lowest BCUT2D eigenvalue weighted by molar-refractivity contribution is 1.14.